The van der Waals surface area contributed by atoms with Crippen molar-refractivity contribution in [1.29, 1.82) is 0 Å². The molecule has 0 aromatic rings. The Morgan fingerprint density at radius 1 is 1.38 bits per heavy atom. The molecule has 0 unspecified atom stereocenters. The number of carbonyl (C=O) groups is 3. The molecule has 1 fully saturated rings. The minimum Gasteiger partial charge on any atom is -0.467 e. The van der Waals surface area contributed by atoms with Crippen LogP contribution in [-0.4, -0.2) is 67.4 Å². The van der Waals surface area contributed by atoms with Gasteiger partial charge in [0.2, 0.25) is 13.8 Å². The van der Waals surface area contributed by atoms with E-state index in [9.17, 15) is 19.5 Å². The number of esters is 1. The number of amides is 2. The van der Waals surface area contributed by atoms with Crippen molar-refractivity contribution in [3.63, 3.8) is 0 Å². The molecular formula is C13H21BN2O5. The predicted molar refractivity (Wildman–Crippen MR) is 75.7 cm³/mol. The molecule has 7 nitrogen and oxygen atoms in total. The average Bonchev–Trinajstić information content (AvgIpc) is 2.74. The number of hydrogen-bond donors (Lipinski definition) is 2. The van der Waals surface area contributed by atoms with Crippen LogP contribution in [0, 0.1) is 5.41 Å². The normalized spacial score (nSPS) is 23.6. The van der Waals surface area contributed by atoms with Gasteiger partial charge in [-0.2, -0.15) is 0 Å². The Morgan fingerprint density at radius 2 is 1.95 bits per heavy atom. The number of hydrogen-bond acceptors (Lipinski definition) is 5. The van der Waals surface area contributed by atoms with Crippen molar-refractivity contribution >= 4 is 25.5 Å². The molecule has 2 N–H and O–H groups in total. The van der Waals surface area contributed by atoms with Gasteiger partial charge in [0.25, 0.3) is 0 Å². The molecule has 0 saturated carbocycles. The number of carbonyl (C=O) groups excluding carboxylic acids is 3. The Balaban J connectivity index is 3.01. The van der Waals surface area contributed by atoms with Gasteiger partial charge in [-0.05, 0) is 5.41 Å². The molecule has 116 valence electrons. The largest absolute Gasteiger partial charge is 0.467 e. The van der Waals surface area contributed by atoms with Gasteiger partial charge in [0, 0.05) is 13.0 Å². The number of nitrogens with zero attached hydrogens (tertiary/aromatic N) is 1. The van der Waals surface area contributed by atoms with Gasteiger partial charge in [0.05, 0.1) is 13.2 Å². The molecule has 1 aliphatic heterocycles. The van der Waals surface area contributed by atoms with E-state index < -0.39 is 41.3 Å². The van der Waals surface area contributed by atoms with Crippen LogP contribution in [0.1, 0.15) is 27.2 Å². The summed E-state index contributed by atoms with van der Waals surface area (Å²) in [6, 6.07) is -1.75. The first-order valence-electron chi connectivity index (χ1n) is 6.70. The third kappa shape index (κ3) is 4.20. The Morgan fingerprint density at radius 3 is 2.38 bits per heavy atom. The number of aliphatic hydroxyl groups excluding tert-OH is 1. The molecular weight excluding hydrogens is 275 g/mol. The van der Waals surface area contributed by atoms with Gasteiger partial charge in [-0.1, -0.05) is 20.8 Å². The van der Waals surface area contributed by atoms with Crippen LogP contribution in [0.3, 0.4) is 0 Å². The molecule has 8 heteroatoms. The number of likely N-dealkylation sites (tertiary alicyclic amines) is 1. The minimum absolute atomic E-state index is 0.0195. The van der Waals surface area contributed by atoms with Crippen LogP contribution < -0.4 is 5.32 Å². The lowest BCUT2D eigenvalue weighted by Gasteiger charge is -2.34. The summed E-state index contributed by atoms with van der Waals surface area (Å²) in [4.78, 5) is 36.7. The van der Waals surface area contributed by atoms with Crippen molar-refractivity contribution < 1.29 is 24.2 Å². The first kappa shape index (κ1) is 17.5. The zero-order valence-corrected chi connectivity index (χ0v) is 12.8. The number of β-amino-alcohol motifs (C(OH)–C–C–N with tert-alkyl or cyclic N) is 1. The summed E-state index contributed by atoms with van der Waals surface area (Å²) in [5, 5.41) is 12.1. The Hall–Kier alpha value is -1.57. The molecule has 1 heterocycles. The molecule has 2 amide bonds. The first-order chi connectivity index (χ1) is 9.57. The highest BCUT2D eigenvalue weighted by Gasteiger charge is 2.44. The van der Waals surface area contributed by atoms with Gasteiger partial charge in [0.1, 0.15) is 12.1 Å². The fraction of sp³-hybridized carbons (Fsp3) is 0.769. The summed E-state index contributed by atoms with van der Waals surface area (Å²) >= 11 is 0. The summed E-state index contributed by atoms with van der Waals surface area (Å²) in [7, 11) is 6.33. The number of nitrogens with one attached hydrogen (secondary N) is 1. The summed E-state index contributed by atoms with van der Waals surface area (Å²) in [6.07, 6.45) is -0.682. The Bertz CT molecular complexity index is 435. The average molecular weight is 296 g/mol. The first-order valence-corrected chi connectivity index (χ1v) is 6.70. The van der Waals surface area contributed by atoms with E-state index in [2.05, 4.69) is 10.1 Å². The Kier molecular flexibility index (Phi) is 5.39. The second-order valence-electron chi connectivity index (χ2n) is 6.23. The van der Waals surface area contributed by atoms with Gasteiger partial charge in [-0.15, -0.1) is 0 Å². The smallest absolute Gasteiger partial charge is 0.328 e. The van der Waals surface area contributed by atoms with E-state index in [-0.39, 0.29) is 13.0 Å². The SMILES string of the molecule is [B]C(=O)N[C@H](C(=O)N1C[C@H](O)C[C@H]1C(=O)OC)C(C)(C)C. The lowest BCUT2D eigenvalue weighted by Crippen LogP contribution is -2.56. The number of methoxy groups -OCH3 is 1. The second kappa shape index (κ2) is 6.47. The van der Waals surface area contributed by atoms with Gasteiger partial charge in [-0.25, -0.2) is 4.79 Å². The van der Waals surface area contributed by atoms with Crippen molar-refractivity contribution in [2.75, 3.05) is 13.7 Å². The second-order valence-corrected chi connectivity index (χ2v) is 6.23. The van der Waals surface area contributed by atoms with Crippen LogP contribution >= 0.6 is 0 Å². The van der Waals surface area contributed by atoms with E-state index >= 15 is 0 Å². The molecule has 0 aliphatic carbocycles. The van der Waals surface area contributed by atoms with Crippen LogP contribution in [0.4, 0.5) is 4.79 Å². The molecule has 1 aliphatic rings. The van der Waals surface area contributed by atoms with Crippen LogP contribution in [0.5, 0.6) is 0 Å². The van der Waals surface area contributed by atoms with E-state index in [1.54, 1.807) is 20.8 Å². The third-order valence-corrected chi connectivity index (χ3v) is 3.43. The van der Waals surface area contributed by atoms with Crippen molar-refractivity contribution in [2.45, 2.75) is 45.4 Å². The molecule has 0 spiro atoms. The zero-order valence-electron chi connectivity index (χ0n) is 12.8. The summed E-state index contributed by atoms with van der Waals surface area (Å²) < 4.78 is 4.65. The molecule has 0 bridgehead atoms. The standard InChI is InChI=1S/C13H21BN2O5/c1-13(2,3)9(15-12(14)20)10(18)16-6-7(17)5-8(16)11(19)21-4/h7-9,17H,5-6H2,1-4H3,(H,15,20)/t7-,8+,9-/m1/s1. The fourth-order valence-corrected chi connectivity index (χ4v) is 2.37. The molecule has 0 aromatic heterocycles. The van der Waals surface area contributed by atoms with E-state index in [4.69, 9.17) is 7.85 Å². The third-order valence-electron chi connectivity index (χ3n) is 3.43. The van der Waals surface area contributed by atoms with Crippen molar-refractivity contribution in [3.05, 3.63) is 0 Å². The Labute approximate surface area is 125 Å². The van der Waals surface area contributed by atoms with Gasteiger partial charge in [0.15, 0.2) is 5.81 Å². The topological polar surface area (TPSA) is 95.9 Å². The van der Waals surface area contributed by atoms with Crippen LogP contribution in [-0.2, 0) is 14.3 Å². The maximum atomic E-state index is 12.6. The fourth-order valence-electron chi connectivity index (χ4n) is 2.37. The summed E-state index contributed by atoms with van der Waals surface area (Å²) in [6.45, 7) is 5.33. The van der Waals surface area contributed by atoms with Crippen LogP contribution in [0.25, 0.3) is 0 Å². The summed E-state index contributed by atoms with van der Waals surface area (Å²) in [5.74, 6) is -1.88. The van der Waals surface area contributed by atoms with E-state index in [0.29, 0.717) is 0 Å². The highest BCUT2D eigenvalue weighted by molar-refractivity contribution is 6.57. The van der Waals surface area contributed by atoms with Crippen molar-refractivity contribution in [3.8, 4) is 0 Å². The van der Waals surface area contributed by atoms with E-state index in [0.717, 1.165) is 0 Å². The molecule has 1 rings (SSSR count). The lowest BCUT2D eigenvalue weighted by molar-refractivity contribution is -0.152. The lowest BCUT2D eigenvalue weighted by atomic mass is 9.85. The maximum absolute atomic E-state index is 12.6. The van der Waals surface area contributed by atoms with Crippen LogP contribution in [0.15, 0.2) is 0 Å². The molecule has 1 saturated heterocycles. The van der Waals surface area contributed by atoms with E-state index in [1.807, 2.05) is 0 Å². The van der Waals surface area contributed by atoms with Gasteiger partial charge in [-0.3, -0.25) is 9.59 Å². The highest BCUT2D eigenvalue weighted by Crippen LogP contribution is 2.26. The summed E-state index contributed by atoms with van der Waals surface area (Å²) in [5.41, 5.74) is -0.597. The number of ether oxygens (including phenoxy) is 1. The van der Waals surface area contributed by atoms with Gasteiger partial charge >= 0.3 is 5.97 Å². The molecule has 21 heavy (non-hydrogen) atoms. The monoisotopic (exact) mass is 296 g/mol. The quantitative estimate of drug-likeness (QED) is 0.536. The van der Waals surface area contributed by atoms with E-state index in [1.165, 1.54) is 12.0 Å². The maximum Gasteiger partial charge on any atom is 0.328 e. The van der Waals surface area contributed by atoms with Crippen LogP contribution in [0.2, 0.25) is 0 Å². The molecule has 2 radical (unpaired) electrons. The highest BCUT2D eigenvalue weighted by atomic mass is 16.5. The van der Waals surface area contributed by atoms with Gasteiger partial charge < -0.3 is 20.1 Å². The minimum atomic E-state index is -0.896. The molecule has 0 aromatic carbocycles. The number of aliphatic hydroxyl groups is 1. The zero-order chi connectivity index (χ0) is 16.4. The van der Waals surface area contributed by atoms with Crippen molar-refractivity contribution in [2.24, 2.45) is 5.41 Å². The van der Waals surface area contributed by atoms with Crippen molar-refractivity contribution in [1.82, 2.24) is 10.2 Å². The number of rotatable bonds is 3. The molecule has 3 atom stereocenters. The predicted octanol–water partition coefficient (Wildman–Crippen LogP) is -0.586.